The summed E-state index contributed by atoms with van der Waals surface area (Å²) in [5.41, 5.74) is 3.47. The zero-order chi connectivity index (χ0) is 31.0. The fourth-order valence-electron chi connectivity index (χ4n) is 4.63. The minimum absolute atomic E-state index is 0.193. The van der Waals surface area contributed by atoms with Gasteiger partial charge in [0.05, 0.1) is 6.54 Å². The van der Waals surface area contributed by atoms with Crippen LogP contribution in [0, 0.1) is 0 Å². The molecule has 4 N–H and O–H groups in total. The minimum atomic E-state index is -1.12. The van der Waals surface area contributed by atoms with E-state index in [0.29, 0.717) is 31.7 Å². The second-order valence-corrected chi connectivity index (χ2v) is 10.7. The van der Waals surface area contributed by atoms with E-state index in [1.807, 2.05) is 35.0 Å². The van der Waals surface area contributed by atoms with Gasteiger partial charge in [0.25, 0.3) is 5.91 Å². The third-order valence-electron chi connectivity index (χ3n) is 7.02. The van der Waals surface area contributed by atoms with Crippen LogP contribution in [-0.4, -0.2) is 69.2 Å². The SMILES string of the molecule is CCCCc1nc(CCCC)n(Cc2ccc(-c3ccccc3C(=O)NCCNCCC(NC(=O)CCl)C(=O)O)cc2)n1. The Labute approximate surface area is 258 Å². The molecule has 3 aromatic rings. The minimum Gasteiger partial charge on any atom is -0.480 e. The molecule has 2 aromatic carbocycles. The quantitative estimate of drug-likeness (QED) is 0.118. The van der Waals surface area contributed by atoms with Crippen LogP contribution >= 0.6 is 11.6 Å². The molecule has 0 radical (unpaired) electrons. The highest BCUT2D eigenvalue weighted by Gasteiger charge is 2.19. The highest BCUT2D eigenvalue weighted by molar-refractivity contribution is 6.27. The fourth-order valence-corrected chi connectivity index (χ4v) is 4.71. The molecule has 2 amide bonds. The normalized spacial score (nSPS) is 11.7. The predicted octanol–water partition coefficient (Wildman–Crippen LogP) is 4.20. The zero-order valence-corrected chi connectivity index (χ0v) is 25.8. The Morgan fingerprint density at radius 2 is 1.67 bits per heavy atom. The molecule has 0 aliphatic carbocycles. The largest absolute Gasteiger partial charge is 0.480 e. The molecule has 0 saturated heterocycles. The molecule has 0 aliphatic heterocycles. The summed E-state index contributed by atoms with van der Waals surface area (Å²) in [6.07, 6.45) is 6.40. The highest BCUT2D eigenvalue weighted by atomic mass is 35.5. The first kappa shape index (κ1) is 33.7. The number of alkyl halides is 1. The van der Waals surface area contributed by atoms with E-state index in [4.69, 9.17) is 21.7 Å². The lowest BCUT2D eigenvalue weighted by Gasteiger charge is -2.14. The average molecular weight is 611 g/mol. The van der Waals surface area contributed by atoms with E-state index >= 15 is 0 Å². The summed E-state index contributed by atoms with van der Waals surface area (Å²) < 4.78 is 2.03. The summed E-state index contributed by atoms with van der Waals surface area (Å²) in [4.78, 5) is 40.5. The Balaban J connectivity index is 1.57. The van der Waals surface area contributed by atoms with Gasteiger partial charge in [0.15, 0.2) is 5.82 Å². The molecule has 0 fully saturated rings. The lowest BCUT2D eigenvalue weighted by molar-refractivity contribution is -0.141. The number of aromatic nitrogens is 3. The molecule has 11 heteroatoms. The van der Waals surface area contributed by atoms with Crippen molar-refractivity contribution in [1.82, 2.24) is 30.7 Å². The summed E-state index contributed by atoms with van der Waals surface area (Å²) in [6, 6.07) is 14.7. The number of unbranched alkanes of at least 4 members (excludes halogenated alkanes) is 2. The van der Waals surface area contributed by atoms with E-state index < -0.39 is 17.9 Å². The lowest BCUT2D eigenvalue weighted by atomic mass is 9.98. The number of rotatable bonds is 19. The predicted molar refractivity (Wildman–Crippen MR) is 168 cm³/mol. The Hall–Kier alpha value is -3.76. The van der Waals surface area contributed by atoms with Gasteiger partial charge in [-0.25, -0.2) is 14.5 Å². The van der Waals surface area contributed by atoms with Gasteiger partial charge in [-0.15, -0.1) is 11.6 Å². The van der Waals surface area contributed by atoms with Crippen molar-refractivity contribution in [2.75, 3.05) is 25.5 Å². The van der Waals surface area contributed by atoms with Crippen LogP contribution in [0.3, 0.4) is 0 Å². The lowest BCUT2D eigenvalue weighted by Crippen LogP contribution is -2.43. The molecule has 1 aromatic heterocycles. The number of carbonyl (C=O) groups excluding carboxylic acids is 2. The van der Waals surface area contributed by atoms with Crippen LogP contribution in [-0.2, 0) is 29.0 Å². The number of nitrogens with one attached hydrogen (secondary N) is 3. The van der Waals surface area contributed by atoms with Gasteiger partial charge in [-0.2, -0.15) is 5.10 Å². The van der Waals surface area contributed by atoms with Crippen molar-refractivity contribution in [1.29, 1.82) is 0 Å². The van der Waals surface area contributed by atoms with E-state index in [2.05, 4.69) is 41.9 Å². The molecular weight excluding hydrogens is 568 g/mol. The molecule has 0 spiro atoms. The number of halogens is 1. The number of amides is 2. The van der Waals surface area contributed by atoms with Gasteiger partial charge in [-0.1, -0.05) is 69.2 Å². The smallest absolute Gasteiger partial charge is 0.326 e. The van der Waals surface area contributed by atoms with Gasteiger partial charge in [-0.3, -0.25) is 9.59 Å². The number of carboxylic acid groups (broad SMARTS) is 1. The second-order valence-electron chi connectivity index (χ2n) is 10.4. The van der Waals surface area contributed by atoms with Crippen molar-refractivity contribution in [3.8, 4) is 11.1 Å². The first-order valence-corrected chi connectivity index (χ1v) is 15.6. The van der Waals surface area contributed by atoms with Crippen molar-refractivity contribution in [2.24, 2.45) is 0 Å². The Bertz CT molecular complexity index is 1330. The number of aryl methyl sites for hydroxylation is 2. The van der Waals surface area contributed by atoms with E-state index in [1.54, 1.807) is 6.07 Å². The standard InChI is InChI=1S/C32H43ClN6O4/c1-3-5-11-28-37-29(12-6-4-2)39(38-28)22-23-13-15-24(16-14-23)25-9-7-8-10-26(25)31(41)35-20-19-34-18-17-27(32(42)43)36-30(40)21-33/h7-10,13-16,27,34H,3-6,11-12,17-22H2,1-2H3,(H,35,41)(H,36,40)(H,42,43). The van der Waals surface area contributed by atoms with Crippen LogP contribution in [0.2, 0.25) is 0 Å². The number of hydrogen-bond donors (Lipinski definition) is 4. The van der Waals surface area contributed by atoms with Crippen LogP contribution in [0.5, 0.6) is 0 Å². The van der Waals surface area contributed by atoms with E-state index in [9.17, 15) is 19.5 Å². The highest BCUT2D eigenvalue weighted by Crippen LogP contribution is 2.24. The third kappa shape index (κ3) is 10.8. The maximum absolute atomic E-state index is 13.0. The van der Waals surface area contributed by atoms with Gasteiger partial charge in [0.2, 0.25) is 5.91 Å². The number of aliphatic carboxylic acids is 1. The number of nitrogens with zero attached hydrogens (tertiary/aromatic N) is 3. The van der Waals surface area contributed by atoms with Crippen molar-refractivity contribution in [3.05, 3.63) is 71.3 Å². The Morgan fingerprint density at radius 1 is 0.953 bits per heavy atom. The molecule has 10 nitrogen and oxygen atoms in total. The molecule has 3 rings (SSSR count). The summed E-state index contributed by atoms with van der Waals surface area (Å²) >= 11 is 5.44. The van der Waals surface area contributed by atoms with Gasteiger partial charge in [-0.05, 0) is 48.6 Å². The van der Waals surface area contributed by atoms with Crippen molar-refractivity contribution in [3.63, 3.8) is 0 Å². The summed E-state index contributed by atoms with van der Waals surface area (Å²) in [6.45, 7) is 6.16. The number of benzene rings is 2. The van der Waals surface area contributed by atoms with Gasteiger partial charge in [0, 0.05) is 31.5 Å². The molecule has 0 aliphatic rings. The first-order chi connectivity index (χ1) is 20.9. The first-order valence-electron chi connectivity index (χ1n) is 15.0. The van der Waals surface area contributed by atoms with Crippen LogP contribution in [0.4, 0.5) is 0 Å². The molecule has 43 heavy (non-hydrogen) atoms. The van der Waals surface area contributed by atoms with Crippen LogP contribution in [0.1, 0.15) is 73.5 Å². The fraction of sp³-hybridized carbons (Fsp3) is 0.469. The molecule has 0 bridgehead atoms. The van der Waals surface area contributed by atoms with Crippen molar-refractivity contribution < 1.29 is 19.5 Å². The molecule has 0 saturated carbocycles. The monoisotopic (exact) mass is 610 g/mol. The second kappa shape index (κ2) is 18.0. The van der Waals surface area contributed by atoms with E-state index in [1.165, 1.54) is 0 Å². The number of carbonyl (C=O) groups is 3. The molecule has 232 valence electrons. The Morgan fingerprint density at radius 3 is 2.37 bits per heavy atom. The molecule has 1 heterocycles. The molecule has 1 atom stereocenters. The van der Waals surface area contributed by atoms with Crippen LogP contribution in [0.25, 0.3) is 11.1 Å². The van der Waals surface area contributed by atoms with Gasteiger partial charge >= 0.3 is 5.97 Å². The molecule has 1 unspecified atom stereocenters. The zero-order valence-electron chi connectivity index (χ0n) is 25.1. The van der Waals surface area contributed by atoms with Gasteiger partial charge in [0.1, 0.15) is 17.7 Å². The van der Waals surface area contributed by atoms with Crippen molar-refractivity contribution in [2.45, 2.75) is 71.4 Å². The molecular formula is C32H43ClN6O4. The van der Waals surface area contributed by atoms with E-state index in [-0.39, 0.29) is 18.2 Å². The summed E-state index contributed by atoms with van der Waals surface area (Å²) in [5, 5.41) is 22.4. The topological polar surface area (TPSA) is 138 Å². The van der Waals surface area contributed by atoms with Crippen LogP contribution < -0.4 is 16.0 Å². The number of hydrogen-bond acceptors (Lipinski definition) is 6. The Kier molecular flexibility index (Phi) is 14.1. The summed E-state index contributed by atoms with van der Waals surface area (Å²) in [5.74, 6) is -0.185. The number of carboxylic acids is 1. The average Bonchev–Trinajstić information content (AvgIpc) is 3.40. The van der Waals surface area contributed by atoms with Crippen LogP contribution in [0.15, 0.2) is 48.5 Å². The van der Waals surface area contributed by atoms with E-state index in [0.717, 1.165) is 66.9 Å². The maximum Gasteiger partial charge on any atom is 0.326 e. The summed E-state index contributed by atoms with van der Waals surface area (Å²) in [7, 11) is 0. The third-order valence-corrected chi connectivity index (χ3v) is 7.26. The van der Waals surface area contributed by atoms with Crippen molar-refractivity contribution >= 4 is 29.4 Å². The van der Waals surface area contributed by atoms with Gasteiger partial charge < -0.3 is 21.1 Å². The maximum atomic E-state index is 13.0.